The van der Waals surface area contributed by atoms with E-state index in [4.69, 9.17) is 4.74 Å². The van der Waals surface area contributed by atoms with E-state index in [1.807, 2.05) is 46.3 Å². The molecule has 8 nitrogen and oxygen atoms in total. The van der Waals surface area contributed by atoms with E-state index in [2.05, 4.69) is 26.9 Å². The molecule has 2 aromatic carbocycles. The molecule has 3 amide bonds. The van der Waals surface area contributed by atoms with Gasteiger partial charge in [-0.25, -0.2) is 4.79 Å². The summed E-state index contributed by atoms with van der Waals surface area (Å²) in [5, 5.41) is 16.2. The molecule has 0 aliphatic heterocycles. The third kappa shape index (κ3) is 5.99. The number of rotatable bonds is 8. The first-order valence-electron chi connectivity index (χ1n) is 10.0. The molecule has 2 aromatic heterocycles. The van der Waals surface area contributed by atoms with Crippen molar-refractivity contribution >= 4 is 40.7 Å². The van der Waals surface area contributed by atoms with Gasteiger partial charge in [-0.3, -0.25) is 14.7 Å². The molecule has 0 fully saturated rings. The molecule has 0 saturated carbocycles. The first-order valence-corrected chi connectivity index (χ1v) is 11.9. The Hall–Kier alpha value is -3.63. The highest BCUT2D eigenvalue weighted by Gasteiger charge is 2.17. The second kappa shape index (κ2) is 10.8. The molecule has 2 N–H and O–H groups in total. The highest BCUT2D eigenvalue weighted by Crippen LogP contribution is 2.24. The monoisotopic (exact) mass is 479 g/mol. The summed E-state index contributed by atoms with van der Waals surface area (Å²) in [5.41, 5.74) is 1.46. The maximum absolute atomic E-state index is 12.4. The predicted molar refractivity (Wildman–Crippen MR) is 129 cm³/mol. The molecule has 0 aliphatic carbocycles. The lowest BCUT2D eigenvalue weighted by atomic mass is 10.3. The second-order valence-corrected chi connectivity index (χ2v) is 8.82. The molecule has 2 heterocycles. The van der Waals surface area contributed by atoms with E-state index in [1.54, 1.807) is 42.7 Å². The Morgan fingerprint density at radius 3 is 2.52 bits per heavy atom. The highest BCUT2D eigenvalue weighted by atomic mass is 32.2. The molecular weight excluding hydrogens is 458 g/mol. The topological polar surface area (TPSA) is 98.1 Å². The van der Waals surface area contributed by atoms with Gasteiger partial charge >= 0.3 is 6.03 Å². The number of carbonyl (C=O) groups excluding carboxylic acids is 2. The number of benzene rings is 2. The number of para-hydroxylation sites is 1. The zero-order chi connectivity index (χ0) is 23.0. The lowest BCUT2D eigenvalue weighted by Gasteiger charge is -2.10. The summed E-state index contributed by atoms with van der Waals surface area (Å²) in [4.78, 5) is 25.7. The maximum Gasteiger partial charge on any atom is 0.325 e. The predicted octanol–water partition coefficient (Wildman–Crippen LogP) is 4.37. The molecule has 33 heavy (non-hydrogen) atoms. The van der Waals surface area contributed by atoms with E-state index in [0.717, 1.165) is 11.5 Å². The zero-order valence-corrected chi connectivity index (χ0v) is 19.4. The van der Waals surface area contributed by atoms with E-state index < -0.39 is 11.9 Å². The minimum Gasteiger partial charge on any atom is -0.497 e. The smallest absolute Gasteiger partial charge is 0.325 e. The molecule has 0 radical (unpaired) electrons. The van der Waals surface area contributed by atoms with Crippen LogP contribution in [-0.4, -0.2) is 39.6 Å². The number of amides is 3. The Bertz CT molecular complexity index is 1210. The van der Waals surface area contributed by atoms with Crippen LogP contribution in [0.25, 0.3) is 5.69 Å². The number of methoxy groups -OCH3 is 1. The number of anilines is 1. The molecule has 0 saturated heterocycles. The van der Waals surface area contributed by atoms with Gasteiger partial charge < -0.3 is 10.1 Å². The van der Waals surface area contributed by atoms with Gasteiger partial charge in [-0.2, -0.15) is 0 Å². The Balaban J connectivity index is 1.40. The van der Waals surface area contributed by atoms with Gasteiger partial charge in [0.05, 0.1) is 12.9 Å². The minimum atomic E-state index is -0.603. The maximum atomic E-state index is 12.4. The average molecular weight is 480 g/mol. The van der Waals surface area contributed by atoms with Gasteiger partial charge in [-0.1, -0.05) is 36.0 Å². The van der Waals surface area contributed by atoms with Crippen LogP contribution >= 0.6 is 23.1 Å². The quantitative estimate of drug-likeness (QED) is 0.364. The molecule has 0 unspecified atom stereocenters. The Kier molecular flexibility index (Phi) is 7.38. The van der Waals surface area contributed by atoms with Gasteiger partial charge in [0.2, 0.25) is 5.91 Å². The zero-order valence-electron chi connectivity index (χ0n) is 17.7. The summed E-state index contributed by atoms with van der Waals surface area (Å²) in [6.07, 6.45) is 0.636. The van der Waals surface area contributed by atoms with Crippen molar-refractivity contribution in [2.75, 3.05) is 18.2 Å². The molecule has 0 bridgehead atoms. The van der Waals surface area contributed by atoms with E-state index >= 15 is 0 Å². The number of thiophene rings is 1. The third-order valence-corrected chi connectivity index (χ3v) is 6.37. The number of aromatic nitrogens is 3. The average Bonchev–Trinajstić information content (AvgIpc) is 3.49. The van der Waals surface area contributed by atoms with Gasteiger partial charge in [0, 0.05) is 22.7 Å². The second-order valence-electron chi connectivity index (χ2n) is 6.85. The van der Waals surface area contributed by atoms with Crippen LogP contribution in [0.1, 0.15) is 10.7 Å². The summed E-state index contributed by atoms with van der Waals surface area (Å²) in [7, 11) is 1.56. The largest absolute Gasteiger partial charge is 0.497 e. The molecule has 10 heteroatoms. The van der Waals surface area contributed by atoms with E-state index in [0.29, 0.717) is 23.0 Å². The fraction of sp³-hybridized carbons (Fsp3) is 0.130. The summed E-state index contributed by atoms with van der Waals surface area (Å²) < 4.78 is 7.03. The number of hydrogen-bond donors (Lipinski definition) is 2. The number of imide groups is 1. The number of urea groups is 1. The molecule has 168 valence electrons. The lowest BCUT2D eigenvalue weighted by molar-refractivity contribution is -0.117. The van der Waals surface area contributed by atoms with Gasteiger partial charge in [-0.15, -0.1) is 21.5 Å². The lowest BCUT2D eigenvalue weighted by Crippen LogP contribution is -2.35. The Morgan fingerprint density at radius 1 is 1.03 bits per heavy atom. The first-order chi connectivity index (χ1) is 16.1. The van der Waals surface area contributed by atoms with Crippen LogP contribution in [-0.2, 0) is 11.2 Å². The molecule has 4 aromatic rings. The minimum absolute atomic E-state index is 0.0139. The van der Waals surface area contributed by atoms with Crippen LogP contribution in [0.4, 0.5) is 10.5 Å². The van der Waals surface area contributed by atoms with E-state index in [9.17, 15) is 9.59 Å². The number of carbonyl (C=O) groups is 2. The van der Waals surface area contributed by atoms with Gasteiger partial charge in [0.1, 0.15) is 11.6 Å². The van der Waals surface area contributed by atoms with Crippen LogP contribution < -0.4 is 15.4 Å². The summed E-state index contributed by atoms with van der Waals surface area (Å²) >= 11 is 2.88. The molecule has 0 aliphatic rings. The number of ether oxygens (including phenoxy) is 1. The number of thioether (sulfide) groups is 1. The number of nitrogens with one attached hydrogen (secondary N) is 2. The van der Waals surface area contributed by atoms with Crippen molar-refractivity contribution in [3.05, 3.63) is 82.8 Å². The van der Waals surface area contributed by atoms with Crippen LogP contribution in [0.15, 0.2) is 77.3 Å². The standard InChI is InChI=1S/C23H21N5O3S2/c1-31-18-11-9-16(10-12-18)24-22(30)25-21(29)15-33-23-27-26-20(14-19-8-5-13-32-19)28(23)17-6-3-2-4-7-17/h2-13H,14-15H2,1H3,(H2,24,25,29,30). The van der Waals surface area contributed by atoms with Crippen molar-refractivity contribution in [3.63, 3.8) is 0 Å². The molecular formula is C23H21N5O3S2. The fourth-order valence-electron chi connectivity index (χ4n) is 3.04. The van der Waals surface area contributed by atoms with Crippen molar-refractivity contribution in [2.45, 2.75) is 11.6 Å². The van der Waals surface area contributed by atoms with E-state index in [-0.39, 0.29) is 5.75 Å². The van der Waals surface area contributed by atoms with E-state index in [1.165, 1.54) is 16.6 Å². The number of hydrogen-bond acceptors (Lipinski definition) is 7. The van der Waals surface area contributed by atoms with Crippen molar-refractivity contribution in [1.29, 1.82) is 0 Å². The summed E-state index contributed by atoms with van der Waals surface area (Å²) in [6, 6.07) is 20.0. The third-order valence-electron chi connectivity index (χ3n) is 4.56. The van der Waals surface area contributed by atoms with Crippen LogP contribution in [0, 0.1) is 0 Å². The summed E-state index contributed by atoms with van der Waals surface area (Å²) in [5.74, 6) is 1.03. The highest BCUT2D eigenvalue weighted by molar-refractivity contribution is 7.99. The van der Waals surface area contributed by atoms with Crippen molar-refractivity contribution in [2.24, 2.45) is 0 Å². The Labute approximate surface area is 199 Å². The van der Waals surface area contributed by atoms with Crippen LogP contribution in [0.3, 0.4) is 0 Å². The van der Waals surface area contributed by atoms with Crippen molar-refractivity contribution in [3.8, 4) is 11.4 Å². The van der Waals surface area contributed by atoms with Gasteiger partial charge in [0.25, 0.3) is 0 Å². The van der Waals surface area contributed by atoms with Gasteiger partial charge in [0.15, 0.2) is 5.16 Å². The van der Waals surface area contributed by atoms with Crippen LogP contribution in [0.5, 0.6) is 5.75 Å². The molecule has 4 rings (SSSR count). The normalized spacial score (nSPS) is 10.6. The van der Waals surface area contributed by atoms with Crippen molar-refractivity contribution < 1.29 is 14.3 Å². The molecule has 0 spiro atoms. The van der Waals surface area contributed by atoms with Gasteiger partial charge in [-0.05, 0) is 47.8 Å². The number of nitrogens with zero attached hydrogens (tertiary/aromatic N) is 3. The molecule has 0 atom stereocenters. The SMILES string of the molecule is COc1ccc(NC(=O)NC(=O)CSc2nnc(Cc3cccs3)n2-c2ccccc2)cc1. The fourth-order valence-corrected chi connectivity index (χ4v) is 4.52. The Morgan fingerprint density at radius 2 is 1.82 bits per heavy atom. The summed E-state index contributed by atoms with van der Waals surface area (Å²) in [6.45, 7) is 0. The first kappa shape index (κ1) is 22.6. The van der Waals surface area contributed by atoms with Crippen LogP contribution in [0.2, 0.25) is 0 Å². The van der Waals surface area contributed by atoms with Crippen molar-refractivity contribution in [1.82, 2.24) is 20.1 Å².